The van der Waals surface area contributed by atoms with Crippen LogP contribution in [0.2, 0.25) is 10.0 Å². The van der Waals surface area contributed by atoms with Crippen molar-refractivity contribution >= 4 is 40.6 Å². The van der Waals surface area contributed by atoms with E-state index >= 15 is 0 Å². The highest BCUT2D eigenvalue weighted by Crippen LogP contribution is 2.25. The molecule has 0 fully saturated rings. The maximum Gasteiger partial charge on any atom is 0.323 e. The molecule has 2 amide bonds. The third kappa shape index (κ3) is 4.91. The standard InChI is InChI=1S/C16H17Cl2N3O/c1-21(2)10-11-3-6-13(7-4-11)19-16(22)20-15-9-12(17)5-8-14(15)18/h3-9H,10H2,1-2H3,(H2,19,20,22). The number of nitrogens with zero attached hydrogens (tertiary/aromatic N) is 1. The summed E-state index contributed by atoms with van der Waals surface area (Å²) in [4.78, 5) is 14.1. The SMILES string of the molecule is CN(C)Cc1ccc(NC(=O)Nc2cc(Cl)ccc2Cl)cc1. The van der Waals surface area contributed by atoms with Crippen molar-refractivity contribution in [3.8, 4) is 0 Å². The van der Waals surface area contributed by atoms with Crippen molar-refractivity contribution in [2.45, 2.75) is 6.54 Å². The van der Waals surface area contributed by atoms with Crippen molar-refractivity contribution in [3.05, 3.63) is 58.1 Å². The van der Waals surface area contributed by atoms with Crippen LogP contribution in [0.25, 0.3) is 0 Å². The van der Waals surface area contributed by atoms with Crippen molar-refractivity contribution < 1.29 is 4.79 Å². The summed E-state index contributed by atoms with van der Waals surface area (Å²) in [5, 5.41) is 6.36. The number of anilines is 2. The molecule has 0 aliphatic heterocycles. The Kier molecular flexibility index (Phi) is 5.66. The molecule has 2 aromatic carbocycles. The molecule has 2 N–H and O–H groups in total. The summed E-state index contributed by atoms with van der Waals surface area (Å²) in [5.41, 5.74) is 2.35. The van der Waals surface area contributed by atoms with Crippen molar-refractivity contribution in [3.63, 3.8) is 0 Å². The van der Waals surface area contributed by atoms with Gasteiger partial charge in [-0.05, 0) is 50.0 Å². The summed E-state index contributed by atoms with van der Waals surface area (Å²) in [7, 11) is 4.02. The third-order valence-electron chi connectivity index (χ3n) is 2.89. The summed E-state index contributed by atoms with van der Waals surface area (Å²) < 4.78 is 0. The minimum absolute atomic E-state index is 0.371. The number of hydrogen-bond donors (Lipinski definition) is 2. The lowest BCUT2D eigenvalue weighted by molar-refractivity contribution is 0.262. The van der Waals surface area contributed by atoms with E-state index in [4.69, 9.17) is 23.2 Å². The molecular weight excluding hydrogens is 321 g/mol. The Morgan fingerprint density at radius 2 is 1.73 bits per heavy atom. The Morgan fingerprint density at radius 3 is 2.36 bits per heavy atom. The largest absolute Gasteiger partial charge is 0.323 e. The van der Waals surface area contributed by atoms with Crippen LogP contribution >= 0.6 is 23.2 Å². The van der Waals surface area contributed by atoms with Crippen LogP contribution in [-0.4, -0.2) is 25.0 Å². The van der Waals surface area contributed by atoms with E-state index in [1.165, 1.54) is 5.56 Å². The molecule has 0 heterocycles. The molecule has 0 aliphatic carbocycles. The van der Waals surface area contributed by atoms with Crippen LogP contribution in [0.1, 0.15) is 5.56 Å². The Hall–Kier alpha value is -1.75. The summed E-state index contributed by atoms with van der Waals surface area (Å²) in [6, 6.07) is 12.2. The quantitative estimate of drug-likeness (QED) is 0.849. The lowest BCUT2D eigenvalue weighted by Gasteiger charge is -2.11. The zero-order chi connectivity index (χ0) is 16.1. The highest BCUT2D eigenvalue weighted by Gasteiger charge is 2.07. The minimum Gasteiger partial charge on any atom is -0.308 e. The van der Waals surface area contributed by atoms with Gasteiger partial charge in [-0.25, -0.2) is 4.79 Å². The van der Waals surface area contributed by atoms with Gasteiger partial charge in [0.2, 0.25) is 0 Å². The number of benzene rings is 2. The number of rotatable bonds is 4. The summed E-state index contributed by atoms with van der Waals surface area (Å²) in [6.45, 7) is 0.852. The first-order chi connectivity index (χ1) is 10.4. The first-order valence-electron chi connectivity index (χ1n) is 6.71. The molecule has 0 bridgehead atoms. The topological polar surface area (TPSA) is 44.4 Å². The van der Waals surface area contributed by atoms with Crippen LogP contribution in [0.3, 0.4) is 0 Å². The Morgan fingerprint density at radius 1 is 1.05 bits per heavy atom. The molecule has 6 heteroatoms. The monoisotopic (exact) mass is 337 g/mol. The molecule has 0 atom stereocenters. The minimum atomic E-state index is -0.371. The van der Waals surface area contributed by atoms with E-state index in [1.807, 2.05) is 38.4 Å². The zero-order valence-electron chi connectivity index (χ0n) is 12.4. The fourth-order valence-corrected chi connectivity index (χ4v) is 2.27. The number of urea groups is 1. The van der Waals surface area contributed by atoms with Crippen molar-refractivity contribution in [2.75, 3.05) is 24.7 Å². The molecule has 0 radical (unpaired) electrons. The molecular formula is C16H17Cl2N3O. The van der Waals surface area contributed by atoms with Gasteiger partial charge >= 0.3 is 6.03 Å². The van der Waals surface area contributed by atoms with Gasteiger partial charge in [0.05, 0.1) is 10.7 Å². The maximum atomic E-state index is 12.0. The lowest BCUT2D eigenvalue weighted by atomic mass is 10.2. The van der Waals surface area contributed by atoms with E-state index in [-0.39, 0.29) is 6.03 Å². The first-order valence-corrected chi connectivity index (χ1v) is 7.46. The van der Waals surface area contributed by atoms with E-state index in [0.29, 0.717) is 21.4 Å². The van der Waals surface area contributed by atoms with Gasteiger partial charge in [0.1, 0.15) is 0 Å². The van der Waals surface area contributed by atoms with Gasteiger partial charge in [-0.1, -0.05) is 35.3 Å². The molecule has 0 spiro atoms. The van der Waals surface area contributed by atoms with Crippen LogP contribution in [-0.2, 0) is 6.54 Å². The number of halogens is 2. The third-order valence-corrected chi connectivity index (χ3v) is 3.45. The fraction of sp³-hybridized carbons (Fsp3) is 0.188. The second-order valence-corrected chi connectivity index (χ2v) is 5.98. The van der Waals surface area contributed by atoms with E-state index in [9.17, 15) is 4.79 Å². The summed E-state index contributed by atoms with van der Waals surface area (Å²) in [6.07, 6.45) is 0. The molecule has 0 aromatic heterocycles. The average Bonchev–Trinajstić information content (AvgIpc) is 2.44. The predicted octanol–water partition coefficient (Wildman–Crippen LogP) is 4.70. The van der Waals surface area contributed by atoms with Gasteiger partial charge in [0.15, 0.2) is 0 Å². The Bertz CT molecular complexity index is 657. The smallest absolute Gasteiger partial charge is 0.308 e. The Labute approximate surface area is 140 Å². The van der Waals surface area contributed by atoms with Gasteiger partial charge < -0.3 is 15.5 Å². The van der Waals surface area contributed by atoms with E-state index < -0.39 is 0 Å². The van der Waals surface area contributed by atoms with Gasteiger partial charge in [0, 0.05) is 17.3 Å². The van der Waals surface area contributed by atoms with Crippen LogP contribution in [0.5, 0.6) is 0 Å². The van der Waals surface area contributed by atoms with Crippen molar-refractivity contribution in [1.82, 2.24) is 4.90 Å². The van der Waals surface area contributed by atoms with Gasteiger partial charge in [0.25, 0.3) is 0 Å². The predicted molar refractivity (Wildman–Crippen MR) is 92.9 cm³/mol. The molecule has 0 saturated heterocycles. The number of carbonyl (C=O) groups is 1. The van der Waals surface area contributed by atoms with E-state index in [2.05, 4.69) is 15.5 Å². The molecule has 22 heavy (non-hydrogen) atoms. The van der Waals surface area contributed by atoms with Crippen molar-refractivity contribution in [2.24, 2.45) is 0 Å². The second-order valence-electron chi connectivity index (χ2n) is 5.14. The second kappa shape index (κ2) is 7.49. The number of carbonyl (C=O) groups excluding carboxylic acids is 1. The highest BCUT2D eigenvalue weighted by molar-refractivity contribution is 6.35. The normalized spacial score (nSPS) is 10.6. The van der Waals surface area contributed by atoms with E-state index in [0.717, 1.165) is 6.54 Å². The van der Waals surface area contributed by atoms with Crippen LogP contribution in [0.4, 0.5) is 16.2 Å². The highest BCUT2D eigenvalue weighted by atomic mass is 35.5. The number of amides is 2. The van der Waals surface area contributed by atoms with Gasteiger partial charge in [-0.3, -0.25) is 0 Å². The van der Waals surface area contributed by atoms with Gasteiger partial charge in [-0.15, -0.1) is 0 Å². The zero-order valence-corrected chi connectivity index (χ0v) is 13.9. The first kappa shape index (κ1) is 16.6. The van der Waals surface area contributed by atoms with Gasteiger partial charge in [-0.2, -0.15) is 0 Å². The number of nitrogens with one attached hydrogen (secondary N) is 2. The van der Waals surface area contributed by atoms with Crippen molar-refractivity contribution in [1.29, 1.82) is 0 Å². The number of hydrogen-bond acceptors (Lipinski definition) is 2. The summed E-state index contributed by atoms with van der Waals surface area (Å²) in [5.74, 6) is 0. The van der Waals surface area contributed by atoms with Crippen LogP contribution in [0, 0.1) is 0 Å². The van der Waals surface area contributed by atoms with Crippen LogP contribution < -0.4 is 10.6 Å². The Balaban J connectivity index is 1.98. The summed E-state index contributed by atoms with van der Waals surface area (Å²) >= 11 is 11.9. The molecule has 0 aliphatic rings. The molecule has 2 rings (SSSR count). The average molecular weight is 338 g/mol. The fourth-order valence-electron chi connectivity index (χ4n) is 1.94. The van der Waals surface area contributed by atoms with Crippen LogP contribution in [0.15, 0.2) is 42.5 Å². The molecule has 4 nitrogen and oxygen atoms in total. The molecule has 2 aromatic rings. The maximum absolute atomic E-state index is 12.0. The van der Waals surface area contributed by atoms with E-state index in [1.54, 1.807) is 18.2 Å². The lowest BCUT2D eigenvalue weighted by Crippen LogP contribution is -2.19. The molecule has 0 unspecified atom stereocenters. The molecule has 0 saturated carbocycles. The molecule has 116 valence electrons.